The minimum absolute atomic E-state index is 0.0267. The molecule has 5 heteroatoms. The fourth-order valence-electron chi connectivity index (χ4n) is 4.74. The Hall–Kier alpha value is -2.95. The van der Waals surface area contributed by atoms with Gasteiger partial charge in [-0.3, -0.25) is 14.8 Å². The molecular formula is C39H60N2O3. The standard InChI is InChI=1S/C39H60N2O3/c1-25(42)44-33-27(20-29(35(5,6)7)22-31(33)37(11,12)13)24-41-39(16,17)38(14,15)40-23-26-19-28(34(2,3)4)21-30(32(26)43-18)36(8,9)10/h19-24H,1-18H3/b40-23+,41-24+. The largest absolute Gasteiger partial charge is 0.496 e. The average Bonchev–Trinajstić information content (AvgIpc) is 2.83. The number of esters is 1. The van der Waals surface area contributed by atoms with Crippen molar-refractivity contribution in [1.82, 2.24) is 0 Å². The SMILES string of the molecule is COc1c(/C=N/C(C)(C)C(C)(C)/N=C/c2cc(C(C)(C)C)cc(C(C)(C)C)c2OC(C)=O)cc(C(C)(C)C)cc1C(C)(C)C. The topological polar surface area (TPSA) is 60.3 Å². The first-order chi connectivity index (χ1) is 19.6. The summed E-state index contributed by atoms with van der Waals surface area (Å²) in [6.45, 7) is 36.1. The molecule has 0 radical (unpaired) electrons. The van der Waals surface area contributed by atoms with Gasteiger partial charge < -0.3 is 9.47 Å². The summed E-state index contributed by atoms with van der Waals surface area (Å²) in [5, 5.41) is 0. The van der Waals surface area contributed by atoms with Crippen LogP contribution in [0.5, 0.6) is 11.5 Å². The van der Waals surface area contributed by atoms with Gasteiger partial charge in [-0.2, -0.15) is 0 Å². The van der Waals surface area contributed by atoms with Crippen LogP contribution in [0.4, 0.5) is 0 Å². The lowest BCUT2D eigenvalue weighted by atomic mass is 9.78. The highest BCUT2D eigenvalue weighted by atomic mass is 16.5. The van der Waals surface area contributed by atoms with Crippen LogP contribution >= 0.6 is 0 Å². The summed E-state index contributed by atoms with van der Waals surface area (Å²) >= 11 is 0. The van der Waals surface area contributed by atoms with Gasteiger partial charge in [-0.1, -0.05) is 95.2 Å². The van der Waals surface area contributed by atoms with Gasteiger partial charge in [0.1, 0.15) is 11.5 Å². The Kier molecular flexibility index (Phi) is 10.5. The van der Waals surface area contributed by atoms with Crippen LogP contribution < -0.4 is 9.47 Å². The highest BCUT2D eigenvalue weighted by Crippen LogP contribution is 2.40. The third kappa shape index (κ3) is 8.82. The van der Waals surface area contributed by atoms with E-state index < -0.39 is 11.1 Å². The maximum atomic E-state index is 12.2. The molecular weight excluding hydrogens is 544 g/mol. The number of nitrogens with zero attached hydrogens (tertiary/aromatic N) is 2. The van der Waals surface area contributed by atoms with Crippen LogP contribution in [0, 0.1) is 0 Å². The molecule has 2 aromatic rings. The fraction of sp³-hybridized carbons (Fsp3) is 0.615. The number of carbonyl (C=O) groups is 1. The summed E-state index contributed by atoms with van der Waals surface area (Å²) in [6, 6.07) is 8.73. The molecule has 0 saturated carbocycles. The normalized spacial score (nSPS) is 14.0. The zero-order valence-electron chi connectivity index (χ0n) is 31.1. The number of carbonyl (C=O) groups excluding carboxylic acids is 1. The van der Waals surface area contributed by atoms with E-state index in [4.69, 9.17) is 19.5 Å². The van der Waals surface area contributed by atoms with Crippen LogP contribution in [-0.2, 0) is 26.5 Å². The van der Waals surface area contributed by atoms with Crippen molar-refractivity contribution >= 4 is 18.4 Å². The number of rotatable bonds is 7. The van der Waals surface area contributed by atoms with E-state index in [1.165, 1.54) is 12.5 Å². The molecule has 2 rings (SSSR count). The van der Waals surface area contributed by atoms with E-state index in [1.807, 2.05) is 12.4 Å². The molecule has 0 atom stereocenters. The Labute approximate surface area is 269 Å². The number of methoxy groups -OCH3 is 1. The van der Waals surface area contributed by atoms with E-state index in [2.05, 4.69) is 135 Å². The fourth-order valence-corrected chi connectivity index (χ4v) is 4.74. The summed E-state index contributed by atoms with van der Waals surface area (Å²) in [6.07, 6.45) is 3.81. The van der Waals surface area contributed by atoms with Gasteiger partial charge in [0.15, 0.2) is 0 Å². The third-order valence-electron chi connectivity index (χ3n) is 8.58. The highest BCUT2D eigenvalue weighted by Gasteiger charge is 2.36. The van der Waals surface area contributed by atoms with E-state index >= 15 is 0 Å². The molecule has 0 aliphatic rings. The molecule has 0 aliphatic carbocycles. The molecule has 0 unspecified atom stereocenters. The van der Waals surface area contributed by atoms with Crippen molar-refractivity contribution in [3.63, 3.8) is 0 Å². The number of hydrogen-bond donors (Lipinski definition) is 0. The zero-order valence-corrected chi connectivity index (χ0v) is 31.1. The first-order valence-corrected chi connectivity index (χ1v) is 15.8. The van der Waals surface area contributed by atoms with Crippen molar-refractivity contribution < 1.29 is 14.3 Å². The van der Waals surface area contributed by atoms with Crippen LogP contribution in [0.3, 0.4) is 0 Å². The Morgan fingerprint density at radius 2 is 0.909 bits per heavy atom. The molecule has 0 fully saturated rings. The van der Waals surface area contributed by atoms with Crippen molar-refractivity contribution in [2.75, 3.05) is 7.11 Å². The Balaban J connectivity index is 2.71. The van der Waals surface area contributed by atoms with E-state index in [9.17, 15) is 4.79 Å². The summed E-state index contributed by atoms with van der Waals surface area (Å²) in [7, 11) is 1.73. The van der Waals surface area contributed by atoms with Crippen LogP contribution in [0.2, 0.25) is 0 Å². The predicted octanol–water partition coefficient (Wildman–Crippen LogP) is 9.91. The second kappa shape index (κ2) is 12.4. The van der Waals surface area contributed by atoms with Gasteiger partial charge in [0, 0.05) is 41.6 Å². The molecule has 0 heterocycles. The molecule has 0 amide bonds. The predicted molar refractivity (Wildman–Crippen MR) is 189 cm³/mol. The van der Waals surface area contributed by atoms with Crippen molar-refractivity contribution in [2.24, 2.45) is 9.98 Å². The van der Waals surface area contributed by atoms with Gasteiger partial charge in [0.05, 0.1) is 18.2 Å². The van der Waals surface area contributed by atoms with Crippen molar-refractivity contribution in [1.29, 1.82) is 0 Å². The molecule has 244 valence electrons. The lowest BCUT2D eigenvalue weighted by molar-refractivity contribution is -0.131. The maximum Gasteiger partial charge on any atom is 0.308 e. The molecule has 0 spiro atoms. The second-order valence-electron chi connectivity index (χ2n) is 17.3. The number of hydrogen-bond acceptors (Lipinski definition) is 5. The molecule has 5 nitrogen and oxygen atoms in total. The molecule has 0 saturated heterocycles. The minimum atomic E-state index is -0.599. The lowest BCUT2D eigenvalue weighted by Crippen LogP contribution is -2.42. The average molecular weight is 605 g/mol. The zero-order chi connectivity index (χ0) is 34.3. The lowest BCUT2D eigenvalue weighted by Gasteiger charge is -2.35. The van der Waals surface area contributed by atoms with Gasteiger partial charge in [-0.25, -0.2) is 0 Å². The monoisotopic (exact) mass is 604 g/mol. The van der Waals surface area contributed by atoms with E-state index in [0.29, 0.717) is 5.75 Å². The van der Waals surface area contributed by atoms with Gasteiger partial charge in [0.25, 0.3) is 0 Å². The quantitative estimate of drug-likeness (QED) is 0.179. The maximum absolute atomic E-state index is 12.2. The van der Waals surface area contributed by atoms with Crippen LogP contribution in [0.25, 0.3) is 0 Å². The number of aliphatic imine (C=N–C) groups is 2. The summed E-state index contributed by atoms with van der Waals surface area (Å²) in [5.41, 5.74) is 4.67. The molecule has 2 aromatic carbocycles. The van der Waals surface area contributed by atoms with E-state index in [0.717, 1.165) is 33.6 Å². The first kappa shape index (κ1) is 37.2. The molecule has 0 N–H and O–H groups in total. The smallest absolute Gasteiger partial charge is 0.308 e. The minimum Gasteiger partial charge on any atom is -0.496 e. The summed E-state index contributed by atoms with van der Waals surface area (Å²) in [4.78, 5) is 22.5. The van der Waals surface area contributed by atoms with E-state index in [1.54, 1.807) is 7.11 Å². The van der Waals surface area contributed by atoms with Crippen molar-refractivity contribution in [3.05, 3.63) is 57.6 Å². The summed E-state index contributed by atoms with van der Waals surface area (Å²) < 4.78 is 11.8. The molecule has 44 heavy (non-hydrogen) atoms. The van der Waals surface area contributed by atoms with Gasteiger partial charge >= 0.3 is 5.97 Å². The first-order valence-electron chi connectivity index (χ1n) is 15.8. The van der Waals surface area contributed by atoms with Crippen LogP contribution in [0.1, 0.15) is 151 Å². The molecule has 0 aliphatic heterocycles. The van der Waals surface area contributed by atoms with Gasteiger partial charge in [0.2, 0.25) is 0 Å². The highest BCUT2D eigenvalue weighted by molar-refractivity contribution is 5.88. The van der Waals surface area contributed by atoms with Gasteiger partial charge in [-0.15, -0.1) is 0 Å². The Morgan fingerprint density at radius 1 is 0.568 bits per heavy atom. The van der Waals surface area contributed by atoms with Crippen LogP contribution in [-0.4, -0.2) is 36.6 Å². The summed E-state index contributed by atoms with van der Waals surface area (Å²) in [5.74, 6) is 1.07. The number of ether oxygens (including phenoxy) is 2. The Morgan fingerprint density at radius 3 is 1.20 bits per heavy atom. The molecule has 0 bridgehead atoms. The second-order valence-corrected chi connectivity index (χ2v) is 17.3. The van der Waals surface area contributed by atoms with Crippen LogP contribution in [0.15, 0.2) is 34.3 Å². The van der Waals surface area contributed by atoms with Crippen molar-refractivity contribution in [3.8, 4) is 11.5 Å². The Bertz CT molecular complexity index is 1410. The van der Waals surface area contributed by atoms with E-state index in [-0.39, 0.29) is 27.6 Å². The molecule has 0 aromatic heterocycles. The van der Waals surface area contributed by atoms with Gasteiger partial charge in [-0.05, 0) is 72.6 Å². The van der Waals surface area contributed by atoms with Crippen molar-refractivity contribution in [2.45, 2.75) is 150 Å². The number of benzene rings is 2. The third-order valence-corrected chi connectivity index (χ3v) is 8.58.